The number of nitrogens with one attached hydrogen (secondary N) is 2. The van der Waals surface area contributed by atoms with Gasteiger partial charge in [-0.3, -0.25) is 0 Å². The van der Waals surface area contributed by atoms with Crippen LogP contribution < -0.4 is 10.6 Å². The highest BCUT2D eigenvalue weighted by Crippen LogP contribution is 2.35. The van der Waals surface area contributed by atoms with Crippen LogP contribution in [-0.2, 0) is 9.84 Å². The molecule has 0 aromatic rings. The lowest BCUT2D eigenvalue weighted by atomic mass is 9.75. The minimum atomic E-state index is -2.96. The summed E-state index contributed by atoms with van der Waals surface area (Å²) >= 11 is 0. The summed E-state index contributed by atoms with van der Waals surface area (Å²) in [6.07, 6.45) is 5.12. The Morgan fingerprint density at radius 1 is 1.32 bits per heavy atom. The largest absolute Gasteiger partial charge is 0.336 e. The van der Waals surface area contributed by atoms with Gasteiger partial charge in [0.25, 0.3) is 0 Å². The zero-order valence-electron chi connectivity index (χ0n) is 13.9. The average molecular weight is 331 g/mol. The maximum absolute atomic E-state index is 12.1. The van der Waals surface area contributed by atoms with Gasteiger partial charge in [0.1, 0.15) is 0 Å². The molecular formula is C15H29N3O3S. The first kappa shape index (κ1) is 17.5. The summed E-state index contributed by atoms with van der Waals surface area (Å²) in [6, 6.07) is -0.493. The van der Waals surface area contributed by atoms with E-state index in [1.54, 1.807) is 0 Å². The fraction of sp³-hybridized carbons (Fsp3) is 0.933. The molecule has 1 aliphatic carbocycles. The highest BCUT2D eigenvalue weighted by molar-refractivity contribution is 7.91. The fourth-order valence-corrected chi connectivity index (χ4v) is 5.42. The van der Waals surface area contributed by atoms with Crippen LogP contribution in [0.15, 0.2) is 0 Å². The molecule has 22 heavy (non-hydrogen) atoms. The average Bonchev–Trinajstić information content (AvgIpc) is 2.75. The van der Waals surface area contributed by atoms with Crippen molar-refractivity contribution >= 4 is 15.9 Å². The number of rotatable bonds is 4. The van der Waals surface area contributed by atoms with Crippen LogP contribution in [-0.4, -0.2) is 63.1 Å². The van der Waals surface area contributed by atoms with Gasteiger partial charge in [-0.25, -0.2) is 13.2 Å². The summed E-state index contributed by atoms with van der Waals surface area (Å²) in [5, 5.41) is 5.76. The molecule has 1 saturated carbocycles. The molecule has 0 spiro atoms. The molecule has 2 N–H and O–H groups in total. The van der Waals surface area contributed by atoms with Crippen molar-refractivity contribution in [3.05, 3.63) is 0 Å². The summed E-state index contributed by atoms with van der Waals surface area (Å²) in [7, 11) is 1.18. The summed E-state index contributed by atoms with van der Waals surface area (Å²) in [5.74, 6) is 0.911. The third-order valence-corrected chi connectivity index (χ3v) is 6.93. The SMILES string of the molecule is C[C@@H]1CCC[C@@](CNC(=O)N[C@@H]2CCS(=O)(=O)C2)(N(C)C)C1. The molecule has 2 fully saturated rings. The van der Waals surface area contributed by atoms with E-state index in [1.165, 1.54) is 12.8 Å². The number of carbonyl (C=O) groups excluding carboxylic acids is 1. The Hall–Kier alpha value is -0.820. The Balaban J connectivity index is 1.86. The predicted molar refractivity (Wildman–Crippen MR) is 87.6 cm³/mol. The molecule has 1 saturated heterocycles. The molecule has 128 valence electrons. The van der Waals surface area contributed by atoms with E-state index in [2.05, 4.69) is 36.6 Å². The Bertz CT molecular complexity index is 506. The third kappa shape index (κ3) is 4.35. The fourth-order valence-electron chi connectivity index (χ4n) is 3.75. The highest BCUT2D eigenvalue weighted by atomic mass is 32.2. The van der Waals surface area contributed by atoms with Crippen molar-refractivity contribution in [1.82, 2.24) is 15.5 Å². The van der Waals surface area contributed by atoms with Gasteiger partial charge in [0, 0.05) is 18.1 Å². The first-order valence-electron chi connectivity index (χ1n) is 8.15. The van der Waals surface area contributed by atoms with E-state index in [9.17, 15) is 13.2 Å². The smallest absolute Gasteiger partial charge is 0.315 e. The van der Waals surface area contributed by atoms with E-state index in [4.69, 9.17) is 0 Å². The van der Waals surface area contributed by atoms with Gasteiger partial charge in [-0.2, -0.15) is 0 Å². The topological polar surface area (TPSA) is 78.5 Å². The monoisotopic (exact) mass is 331 g/mol. The molecule has 2 rings (SSSR count). The number of urea groups is 1. The van der Waals surface area contributed by atoms with Gasteiger partial charge < -0.3 is 15.5 Å². The van der Waals surface area contributed by atoms with E-state index < -0.39 is 9.84 Å². The Labute approximate surface area is 133 Å². The van der Waals surface area contributed by atoms with E-state index in [0.717, 1.165) is 12.8 Å². The van der Waals surface area contributed by atoms with Crippen molar-refractivity contribution < 1.29 is 13.2 Å². The van der Waals surface area contributed by atoms with Crippen molar-refractivity contribution in [3.8, 4) is 0 Å². The number of sulfone groups is 1. The van der Waals surface area contributed by atoms with Crippen LogP contribution in [0.3, 0.4) is 0 Å². The maximum atomic E-state index is 12.1. The minimum absolute atomic E-state index is 0.0107. The van der Waals surface area contributed by atoms with Gasteiger partial charge in [-0.1, -0.05) is 19.8 Å². The molecule has 0 radical (unpaired) electrons. The molecule has 3 atom stereocenters. The van der Waals surface area contributed by atoms with E-state index in [0.29, 0.717) is 18.9 Å². The lowest BCUT2D eigenvalue weighted by Crippen LogP contribution is -2.56. The molecule has 7 heteroatoms. The molecular weight excluding hydrogens is 302 g/mol. The number of likely N-dealkylation sites (N-methyl/N-ethyl adjacent to an activating group) is 1. The van der Waals surface area contributed by atoms with E-state index in [-0.39, 0.29) is 29.1 Å². The molecule has 2 amide bonds. The van der Waals surface area contributed by atoms with E-state index >= 15 is 0 Å². The van der Waals surface area contributed by atoms with Crippen molar-refractivity contribution in [3.63, 3.8) is 0 Å². The Kier molecular flexibility index (Phi) is 5.37. The van der Waals surface area contributed by atoms with Crippen LogP contribution in [0.25, 0.3) is 0 Å². The summed E-state index contributed by atoms with van der Waals surface area (Å²) in [6.45, 7) is 2.87. The van der Waals surface area contributed by atoms with Crippen LogP contribution in [0.5, 0.6) is 0 Å². The standard InChI is InChI=1S/C15H29N3O3S/c1-12-5-4-7-15(9-12,18(2)3)11-16-14(19)17-13-6-8-22(20,21)10-13/h12-13H,4-11H2,1-3H3,(H2,16,17,19)/t12-,13-,15-/m1/s1. The Morgan fingerprint density at radius 2 is 2.05 bits per heavy atom. The first-order chi connectivity index (χ1) is 10.2. The second kappa shape index (κ2) is 6.74. The summed E-state index contributed by atoms with van der Waals surface area (Å²) < 4.78 is 22.9. The second-order valence-electron chi connectivity index (χ2n) is 7.25. The normalized spacial score (nSPS) is 34.5. The molecule has 0 unspecified atom stereocenters. The number of amides is 2. The minimum Gasteiger partial charge on any atom is -0.336 e. The summed E-state index contributed by atoms with van der Waals surface area (Å²) in [4.78, 5) is 14.3. The van der Waals surface area contributed by atoms with Gasteiger partial charge >= 0.3 is 6.03 Å². The first-order valence-corrected chi connectivity index (χ1v) is 9.97. The van der Waals surface area contributed by atoms with Crippen LogP contribution in [0, 0.1) is 5.92 Å². The molecule has 1 aliphatic heterocycles. The number of hydrogen-bond donors (Lipinski definition) is 2. The summed E-state index contributed by atoms with van der Waals surface area (Å²) in [5.41, 5.74) is 0.0107. The van der Waals surface area contributed by atoms with Crippen molar-refractivity contribution in [1.29, 1.82) is 0 Å². The Morgan fingerprint density at radius 3 is 2.59 bits per heavy atom. The highest BCUT2D eigenvalue weighted by Gasteiger charge is 2.37. The lowest BCUT2D eigenvalue weighted by molar-refractivity contribution is 0.0772. The number of hydrogen-bond acceptors (Lipinski definition) is 4. The van der Waals surface area contributed by atoms with Gasteiger partial charge in [0.15, 0.2) is 9.84 Å². The zero-order chi connectivity index (χ0) is 16.4. The second-order valence-corrected chi connectivity index (χ2v) is 9.48. The van der Waals surface area contributed by atoms with Crippen LogP contribution in [0.2, 0.25) is 0 Å². The third-order valence-electron chi connectivity index (χ3n) is 5.16. The zero-order valence-corrected chi connectivity index (χ0v) is 14.7. The lowest BCUT2D eigenvalue weighted by Gasteiger charge is -2.45. The van der Waals surface area contributed by atoms with E-state index in [1.807, 2.05) is 0 Å². The number of nitrogens with zero attached hydrogens (tertiary/aromatic N) is 1. The molecule has 0 aromatic heterocycles. The van der Waals surface area contributed by atoms with Crippen molar-refractivity contribution in [2.24, 2.45) is 5.92 Å². The van der Waals surface area contributed by atoms with Crippen LogP contribution in [0.4, 0.5) is 4.79 Å². The van der Waals surface area contributed by atoms with Crippen molar-refractivity contribution in [2.75, 3.05) is 32.1 Å². The molecule has 6 nitrogen and oxygen atoms in total. The molecule has 0 aromatic carbocycles. The van der Waals surface area contributed by atoms with Gasteiger partial charge in [-0.15, -0.1) is 0 Å². The molecule has 2 aliphatic rings. The quantitative estimate of drug-likeness (QED) is 0.805. The van der Waals surface area contributed by atoms with Crippen LogP contribution >= 0.6 is 0 Å². The van der Waals surface area contributed by atoms with Gasteiger partial charge in [0.05, 0.1) is 11.5 Å². The van der Waals surface area contributed by atoms with Gasteiger partial charge in [-0.05, 0) is 39.3 Å². The maximum Gasteiger partial charge on any atom is 0.315 e. The number of carbonyl (C=O) groups is 1. The van der Waals surface area contributed by atoms with Gasteiger partial charge in [0.2, 0.25) is 0 Å². The van der Waals surface area contributed by atoms with Crippen molar-refractivity contribution in [2.45, 2.75) is 50.6 Å². The molecule has 0 bridgehead atoms. The predicted octanol–water partition coefficient (Wildman–Crippen LogP) is 0.983. The van der Waals surface area contributed by atoms with Crippen LogP contribution in [0.1, 0.15) is 39.0 Å². The molecule has 1 heterocycles.